The summed E-state index contributed by atoms with van der Waals surface area (Å²) in [5.41, 5.74) is 1.15. The third kappa shape index (κ3) is 7.68. The van der Waals surface area contributed by atoms with E-state index in [1.165, 1.54) is 23.5 Å². The third-order valence-electron chi connectivity index (χ3n) is 4.31. The number of Topliss-reactive ketones (excluding diaryl/α,β-unsaturated/α-hetero) is 2. The Balaban J connectivity index is 1.66. The average Bonchev–Trinajstić information content (AvgIpc) is 2.78. The fraction of sp³-hybridized carbons (Fsp3) is 0.364. The standard InChI is InChI=1S/C22H26O6S2/c1-27-17-7-3-15(4-8-17)19(23)11-29-13-21(25)22(26)14-30-12-20(24)16-5-9-18(28-2)10-6-16/h3-10,21-22,25-26H,11-14H2,1-2H3. The second-order valence-corrected chi connectivity index (χ2v) is 8.53. The molecule has 2 unspecified atom stereocenters. The molecule has 2 N–H and O–H groups in total. The highest BCUT2D eigenvalue weighted by molar-refractivity contribution is 8.00. The number of rotatable bonds is 13. The zero-order valence-corrected chi connectivity index (χ0v) is 18.6. The number of aliphatic hydroxyl groups excluding tert-OH is 2. The van der Waals surface area contributed by atoms with Crippen LogP contribution in [-0.4, -0.2) is 71.2 Å². The minimum absolute atomic E-state index is 0.0520. The Morgan fingerprint density at radius 3 is 1.37 bits per heavy atom. The van der Waals surface area contributed by atoms with Crippen molar-refractivity contribution in [2.45, 2.75) is 12.2 Å². The van der Waals surface area contributed by atoms with Crippen molar-refractivity contribution in [2.24, 2.45) is 0 Å². The van der Waals surface area contributed by atoms with Crippen molar-refractivity contribution < 1.29 is 29.3 Å². The molecule has 2 aromatic carbocycles. The summed E-state index contributed by atoms with van der Waals surface area (Å²) in [7, 11) is 3.12. The average molecular weight is 451 g/mol. The van der Waals surface area contributed by atoms with Crippen LogP contribution >= 0.6 is 23.5 Å². The van der Waals surface area contributed by atoms with Gasteiger partial charge in [-0.2, -0.15) is 23.5 Å². The van der Waals surface area contributed by atoms with E-state index in [4.69, 9.17) is 9.47 Å². The van der Waals surface area contributed by atoms with Crippen LogP contribution in [0.3, 0.4) is 0 Å². The summed E-state index contributed by atoms with van der Waals surface area (Å²) in [5.74, 6) is 2.14. The molecule has 0 aliphatic heterocycles. The molecule has 0 aromatic heterocycles. The molecule has 162 valence electrons. The number of carbonyl (C=O) groups excluding carboxylic acids is 2. The van der Waals surface area contributed by atoms with Crippen LogP contribution in [0.5, 0.6) is 11.5 Å². The lowest BCUT2D eigenvalue weighted by Crippen LogP contribution is -2.31. The van der Waals surface area contributed by atoms with Gasteiger partial charge in [-0.25, -0.2) is 0 Å². The van der Waals surface area contributed by atoms with Crippen molar-refractivity contribution in [3.05, 3.63) is 59.7 Å². The van der Waals surface area contributed by atoms with Crippen LogP contribution in [0.15, 0.2) is 48.5 Å². The molecule has 30 heavy (non-hydrogen) atoms. The molecule has 0 radical (unpaired) electrons. The van der Waals surface area contributed by atoms with Crippen molar-refractivity contribution in [3.8, 4) is 11.5 Å². The fourth-order valence-electron chi connectivity index (χ4n) is 2.49. The van der Waals surface area contributed by atoms with Crippen LogP contribution in [0.2, 0.25) is 0 Å². The van der Waals surface area contributed by atoms with Gasteiger partial charge >= 0.3 is 0 Å². The first-order valence-corrected chi connectivity index (χ1v) is 11.6. The number of ketones is 2. The minimum Gasteiger partial charge on any atom is -0.497 e. The van der Waals surface area contributed by atoms with Crippen molar-refractivity contribution in [2.75, 3.05) is 37.2 Å². The van der Waals surface area contributed by atoms with Gasteiger partial charge in [-0.3, -0.25) is 9.59 Å². The van der Waals surface area contributed by atoms with Crippen molar-refractivity contribution in [1.82, 2.24) is 0 Å². The smallest absolute Gasteiger partial charge is 0.172 e. The number of ether oxygens (including phenoxy) is 2. The Bertz CT molecular complexity index is 738. The second kappa shape index (κ2) is 12.6. The summed E-state index contributed by atoms with van der Waals surface area (Å²) in [6.07, 6.45) is -1.94. The van der Waals surface area contributed by atoms with Gasteiger partial charge in [0.15, 0.2) is 11.6 Å². The van der Waals surface area contributed by atoms with Crippen LogP contribution in [-0.2, 0) is 0 Å². The molecular formula is C22H26O6S2. The molecule has 0 heterocycles. The molecule has 2 atom stereocenters. The van der Waals surface area contributed by atoms with Crippen molar-refractivity contribution >= 4 is 35.1 Å². The zero-order chi connectivity index (χ0) is 21.9. The Labute approximate surface area is 185 Å². The van der Waals surface area contributed by atoms with E-state index in [0.29, 0.717) is 22.6 Å². The van der Waals surface area contributed by atoms with E-state index < -0.39 is 12.2 Å². The summed E-state index contributed by atoms with van der Waals surface area (Å²) in [5, 5.41) is 20.2. The number of carbonyl (C=O) groups is 2. The van der Waals surface area contributed by atoms with Gasteiger partial charge in [-0.05, 0) is 48.5 Å². The van der Waals surface area contributed by atoms with Gasteiger partial charge in [0.25, 0.3) is 0 Å². The molecule has 0 aliphatic carbocycles. The van der Waals surface area contributed by atoms with Gasteiger partial charge in [0.1, 0.15) is 11.5 Å². The van der Waals surface area contributed by atoms with E-state index in [1.807, 2.05) is 0 Å². The summed E-state index contributed by atoms with van der Waals surface area (Å²) < 4.78 is 10.1. The van der Waals surface area contributed by atoms with Crippen molar-refractivity contribution in [1.29, 1.82) is 0 Å². The second-order valence-electron chi connectivity index (χ2n) is 6.47. The summed E-state index contributed by atoms with van der Waals surface area (Å²) in [6.45, 7) is 0. The van der Waals surface area contributed by atoms with Gasteiger partial charge in [0.05, 0.1) is 37.9 Å². The lowest BCUT2D eigenvalue weighted by Gasteiger charge is -2.17. The fourth-order valence-corrected chi connectivity index (χ4v) is 4.35. The number of benzene rings is 2. The highest BCUT2D eigenvalue weighted by atomic mass is 32.2. The van der Waals surface area contributed by atoms with Crippen molar-refractivity contribution in [3.63, 3.8) is 0 Å². The number of hydrogen-bond donors (Lipinski definition) is 2. The predicted octanol–water partition coefficient (Wildman–Crippen LogP) is 2.96. The molecule has 0 saturated heterocycles. The van der Waals surface area contributed by atoms with E-state index in [2.05, 4.69) is 0 Å². The maximum absolute atomic E-state index is 12.2. The molecular weight excluding hydrogens is 424 g/mol. The van der Waals surface area contributed by atoms with E-state index in [1.54, 1.807) is 62.8 Å². The maximum atomic E-state index is 12.2. The molecule has 0 bridgehead atoms. The van der Waals surface area contributed by atoms with Gasteiger partial charge in [0, 0.05) is 22.6 Å². The summed E-state index contributed by atoms with van der Waals surface area (Å²) >= 11 is 2.53. The van der Waals surface area contributed by atoms with Gasteiger partial charge < -0.3 is 19.7 Å². The Hall–Kier alpha value is -2.00. The Kier molecular flexibility index (Phi) is 10.2. The number of aliphatic hydroxyl groups is 2. The van der Waals surface area contributed by atoms with E-state index >= 15 is 0 Å². The monoisotopic (exact) mass is 450 g/mol. The largest absolute Gasteiger partial charge is 0.497 e. The molecule has 2 aromatic rings. The molecule has 2 rings (SSSR count). The van der Waals surface area contributed by atoms with Gasteiger partial charge in [-0.15, -0.1) is 0 Å². The SMILES string of the molecule is COc1ccc(C(=O)CSCC(O)C(O)CSCC(=O)c2ccc(OC)cc2)cc1. The minimum atomic E-state index is -0.970. The number of methoxy groups -OCH3 is 2. The van der Waals surface area contributed by atoms with E-state index in [-0.39, 0.29) is 34.6 Å². The molecule has 6 nitrogen and oxygen atoms in total. The maximum Gasteiger partial charge on any atom is 0.172 e. The number of hydrogen-bond acceptors (Lipinski definition) is 8. The van der Waals surface area contributed by atoms with Crippen LogP contribution in [0, 0.1) is 0 Å². The van der Waals surface area contributed by atoms with Crippen LogP contribution < -0.4 is 9.47 Å². The van der Waals surface area contributed by atoms with Crippen LogP contribution in [0.25, 0.3) is 0 Å². The summed E-state index contributed by atoms with van der Waals surface area (Å²) in [4.78, 5) is 24.3. The highest BCUT2D eigenvalue weighted by Crippen LogP contribution is 2.17. The zero-order valence-electron chi connectivity index (χ0n) is 16.9. The van der Waals surface area contributed by atoms with Crippen LogP contribution in [0.4, 0.5) is 0 Å². The Morgan fingerprint density at radius 2 is 1.07 bits per heavy atom. The highest BCUT2D eigenvalue weighted by Gasteiger charge is 2.18. The Morgan fingerprint density at radius 1 is 0.733 bits per heavy atom. The summed E-state index contributed by atoms with van der Waals surface area (Å²) in [6, 6.07) is 13.7. The molecule has 0 fully saturated rings. The predicted molar refractivity (Wildman–Crippen MR) is 121 cm³/mol. The first kappa shape index (κ1) is 24.3. The molecule has 0 amide bonds. The third-order valence-corrected chi connectivity index (χ3v) is 6.40. The van der Waals surface area contributed by atoms with E-state index in [0.717, 1.165) is 0 Å². The lowest BCUT2D eigenvalue weighted by atomic mass is 10.1. The molecule has 8 heteroatoms. The molecule has 0 saturated carbocycles. The normalized spacial score (nSPS) is 12.8. The van der Waals surface area contributed by atoms with Gasteiger partial charge in [0.2, 0.25) is 0 Å². The lowest BCUT2D eigenvalue weighted by molar-refractivity contribution is 0.0500. The molecule has 0 aliphatic rings. The first-order chi connectivity index (χ1) is 14.4. The van der Waals surface area contributed by atoms with Gasteiger partial charge in [-0.1, -0.05) is 0 Å². The quantitative estimate of drug-likeness (QED) is 0.450. The topological polar surface area (TPSA) is 93.1 Å². The number of thioether (sulfide) groups is 2. The molecule has 0 spiro atoms. The van der Waals surface area contributed by atoms with E-state index in [9.17, 15) is 19.8 Å². The van der Waals surface area contributed by atoms with Crippen LogP contribution in [0.1, 0.15) is 20.7 Å². The first-order valence-electron chi connectivity index (χ1n) is 9.30.